The summed E-state index contributed by atoms with van der Waals surface area (Å²) in [5.41, 5.74) is -0.158. The van der Waals surface area contributed by atoms with Gasteiger partial charge in [-0.1, -0.05) is 29.8 Å². The molecule has 1 amide bonds. The summed E-state index contributed by atoms with van der Waals surface area (Å²) in [7, 11) is -2.62. The largest absolute Gasteiger partial charge is 0.319 e. The maximum Gasteiger partial charge on any atom is 0.264 e. The average molecular weight is 437 g/mol. The van der Waals surface area contributed by atoms with Crippen molar-refractivity contribution < 1.29 is 22.0 Å². The molecule has 0 radical (unpaired) electrons. The van der Waals surface area contributed by atoms with Crippen LogP contribution in [0.4, 0.5) is 20.2 Å². The van der Waals surface area contributed by atoms with Crippen molar-refractivity contribution in [2.24, 2.45) is 0 Å². The number of hydrogen-bond acceptors (Lipinski definition) is 3. The van der Waals surface area contributed by atoms with Crippen LogP contribution in [0, 0.1) is 11.6 Å². The van der Waals surface area contributed by atoms with Gasteiger partial charge in [-0.05, 0) is 42.5 Å². The van der Waals surface area contributed by atoms with Crippen LogP contribution in [-0.2, 0) is 10.0 Å². The molecule has 0 saturated carbocycles. The maximum atomic E-state index is 13.8. The van der Waals surface area contributed by atoms with E-state index < -0.39 is 27.6 Å². The molecule has 0 aliphatic rings. The molecule has 0 bridgehead atoms. The van der Waals surface area contributed by atoms with Crippen molar-refractivity contribution in [3.05, 3.63) is 89.0 Å². The highest BCUT2D eigenvalue weighted by Gasteiger charge is 2.24. The van der Waals surface area contributed by atoms with Crippen molar-refractivity contribution in [2.45, 2.75) is 4.90 Å². The Hall–Kier alpha value is -2.97. The topological polar surface area (TPSA) is 66.5 Å². The fourth-order valence-electron chi connectivity index (χ4n) is 2.56. The van der Waals surface area contributed by atoms with E-state index >= 15 is 0 Å². The molecule has 0 heterocycles. The van der Waals surface area contributed by atoms with Gasteiger partial charge in [0, 0.05) is 13.1 Å². The summed E-state index contributed by atoms with van der Waals surface area (Å²) in [4.78, 5) is 12.3. The predicted octanol–water partition coefficient (Wildman–Crippen LogP) is 4.70. The molecule has 1 N–H and O–H groups in total. The van der Waals surface area contributed by atoms with Gasteiger partial charge in [-0.15, -0.1) is 0 Å². The molecule has 0 atom stereocenters. The van der Waals surface area contributed by atoms with Crippen molar-refractivity contribution in [3.63, 3.8) is 0 Å². The van der Waals surface area contributed by atoms with E-state index in [2.05, 4.69) is 5.32 Å². The van der Waals surface area contributed by atoms with E-state index in [0.717, 1.165) is 28.6 Å². The van der Waals surface area contributed by atoms with Gasteiger partial charge in [0.15, 0.2) is 0 Å². The third kappa shape index (κ3) is 4.38. The molecule has 9 heteroatoms. The van der Waals surface area contributed by atoms with Crippen LogP contribution in [-0.4, -0.2) is 21.4 Å². The molecule has 0 aliphatic heterocycles. The van der Waals surface area contributed by atoms with Crippen LogP contribution in [0.2, 0.25) is 5.02 Å². The monoisotopic (exact) mass is 436 g/mol. The second-order valence-electron chi connectivity index (χ2n) is 6.03. The number of rotatable bonds is 5. The molecule has 3 aromatic rings. The van der Waals surface area contributed by atoms with Gasteiger partial charge < -0.3 is 5.32 Å². The number of amides is 1. The quantitative estimate of drug-likeness (QED) is 0.630. The Labute approximate surface area is 171 Å². The number of carbonyl (C=O) groups excluding carboxylic acids is 1. The Bertz CT molecular complexity index is 1170. The number of halogens is 3. The molecule has 29 heavy (non-hydrogen) atoms. The van der Waals surface area contributed by atoms with Crippen LogP contribution >= 0.6 is 11.6 Å². The molecule has 0 unspecified atom stereocenters. The van der Waals surface area contributed by atoms with E-state index in [9.17, 15) is 22.0 Å². The van der Waals surface area contributed by atoms with E-state index in [-0.39, 0.29) is 21.2 Å². The molecule has 3 rings (SSSR count). The van der Waals surface area contributed by atoms with Gasteiger partial charge in [0.2, 0.25) is 0 Å². The average Bonchev–Trinajstić information content (AvgIpc) is 2.70. The van der Waals surface area contributed by atoms with Crippen molar-refractivity contribution in [3.8, 4) is 0 Å². The molecule has 0 fully saturated rings. The van der Waals surface area contributed by atoms with Crippen LogP contribution in [0.25, 0.3) is 0 Å². The third-order valence-corrected chi connectivity index (χ3v) is 6.25. The van der Waals surface area contributed by atoms with Crippen molar-refractivity contribution in [1.82, 2.24) is 0 Å². The molecular weight excluding hydrogens is 422 g/mol. The number of carbonyl (C=O) groups is 1. The Balaban J connectivity index is 1.95. The summed E-state index contributed by atoms with van der Waals surface area (Å²) in [5.74, 6) is -2.46. The van der Waals surface area contributed by atoms with E-state index in [1.165, 1.54) is 19.2 Å². The zero-order valence-corrected chi connectivity index (χ0v) is 16.6. The Kier molecular flexibility index (Phi) is 5.86. The van der Waals surface area contributed by atoms with Crippen molar-refractivity contribution in [1.29, 1.82) is 0 Å². The van der Waals surface area contributed by atoms with Gasteiger partial charge in [-0.2, -0.15) is 0 Å². The third-order valence-electron chi connectivity index (χ3n) is 4.14. The molecule has 0 aliphatic carbocycles. The number of nitrogens with one attached hydrogen (secondary N) is 1. The van der Waals surface area contributed by atoms with Gasteiger partial charge in [-0.3, -0.25) is 9.10 Å². The van der Waals surface area contributed by atoms with E-state index in [1.54, 1.807) is 30.3 Å². The zero-order valence-electron chi connectivity index (χ0n) is 15.1. The number of sulfonamides is 1. The summed E-state index contributed by atoms with van der Waals surface area (Å²) in [6, 6.07) is 14.6. The van der Waals surface area contributed by atoms with Crippen LogP contribution in [0.5, 0.6) is 0 Å². The fourth-order valence-corrected chi connectivity index (χ4v) is 3.98. The lowest BCUT2D eigenvalue weighted by molar-refractivity contribution is 0.102. The Morgan fingerprint density at radius 2 is 1.69 bits per heavy atom. The van der Waals surface area contributed by atoms with Crippen molar-refractivity contribution in [2.75, 3.05) is 16.7 Å². The molecule has 0 saturated heterocycles. The molecule has 3 aromatic carbocycles. The van der Waals surface area contributed by atoms with E-state index in [1.807, 2.05) is 0 Å². The Morgan fingerprint density at radius 1 is 1.00 bits per heavy atom. The van der Waals surface area contributed by atoms with Crippen LogP contribution in [0.1, 0.15) is 10.4 Å². The first-order chi connectivity index (χ1) is 13.7. The Morgan fingerprint density at radius 3 is 2.38 bits per heavy atom. The molecular formula is C20H15ClF2N2O3S. The summed E-state index contributed by atoms with van der Waals surface area (Å²) in [6.07, 6.45) is 0. The number of benzene rings is 3. The van der Waals surface area contributed by atoms with Crippen molar-refractivity contribution >= 4 is 38.9 Å². The molecule has 0 spiro atoms. The molecule has 0 aromatic heterocycles. The summed E-state index contributed by atoms with van der Waals surface area (Å²) in [5, 5.41) is 2.16. The lowest BCUT2D eigenvalue weighted by Crippen LogP contribution is -2.27. The summed E-state index contributed by atoms with van der Waals surface area (Å²) >= 11 is 6.04. The van der Waals surface area contributed by atoms with Gasteiger partial charge >= 0.3 is 0 Å². The first-order valence-corrected chi connectivity index (χ1v) is 10.1. The second-order valence-corrected chi connectivity index (χ2v) is 8.40. The molecule has 5 nitrogen and oxygen atoms in total. The van der Waals surface area contributed by atoms with Gasteiger partial charge in [0.25, 0.3) is 15.9 Å². The first kappa shape index (κ1) is 20.8. The SMILES string of the molecule is CN(c1ccccc1)S(=O)(=O)c1ccc(Cl)c(C(=O)Nc2cc(F)ccc2F)c1. The number of anilines is 2. The minimum Gasteiger partial charge on any atom is -0.319 e. The molecule has 150 valence electrons. The lowest BCUT2D eigenvalue weighted by Gasteiger charge is -2.20. The highest BCUT2D eigenvalue weighted by Crippen LogP contribution is 2.26. The maximum absolute atomic E-state index is 13.8. The van der Waals surface area contributed by atoms with Gasteiger partial charge in [0.05, 0.1) is 26.9 Å². The van der Waals surface area contributed by atoms with Gasteiger partial charge in [0.1, 0.15) is 11.6 Å². The fraction of sp³-hybridized carbons (Fsp3) is 0.0500. The summed E-state index contributed by atoms with van der Waals surface area (Å²) in [6.45, 7) is 0. The number of para-hydroxylation sites is 1. The van der Waals surface area contributed by atoms with E-state index in [0.29, 0.717) is 5.69 Å². The van der Waals surface area contributed by atoms with Crippen LogP contribution in [0.3, 0.4) is 0 Å². The summed E-state index contributed by atoms with van der Waals surface area (Å²) < 4.78 is 54.0. The number of nitrogens with zero attached hydrogens (tertiary/aromatic N) is 1. The highest BCUT2D eigenvalue weighted by atomic mass is 35.5. The van der Waals surface area contributed by atoms with Gasteiger partial charge in [-0.25, -0.2) is 17.2 Å². The minimum atomic E-state index is -3.99. The van der Waals surface area contributed by atoms with E-state index in [4.69, 9.17) is 11.6 Å². The second kappa shape index (κ2) is 8.18. The van der Waals surface area contributed by atoms with Crippen LogP contribution in [0.15, 0.2) is 71.6 Å². The normalized spacial score (nSPS) is 11.2. The minimum absolute atomic E-state index is 0.0411. The zero-order chi connectivity index (χ0) is 21.2. The lowest BCUT2D eigenvalue weighted by atomic mass is 10.2. The first-order valence-electron chi connectivity index (χ1n) is 8.30. The van der Waals surface area contributed by atoms with Crippen LogP contribution < -0.4 is 9.62 Å². The highest BCUT2D eigenvalue weighted by molar-refractivity contribution is 7.92. The standard InChI is InChI=1S/C20H15ClF2N2O3S/c1-25(14-5-3-2-4-6-14)29(27,28)15-8-9-17(21)16(12-15)20(26)24-19-11-13(22)7-10-18(19)23/h2-12H,1H3,(H,24,26). The predicted molar refractivity (Wildman–Crippen MR) is 108 cm³/mol. The smallest absolute Gasteiger partial charge is 0.264 e. The number of hydrogen-bond donors (Lipinski definition) is 1.